The molecule has 0 aliphatic rings. The summed E-state index contributed by atoms with van der Waals surface area (Å²) in [6.45, 7) is 5.60. The van der Waals surface area contributed by atoms with E-state index in [4.69, 9.17) is 0 Å². The van der Waals surface area contributed by atoms with Crippen molar-refractivity contribution in [3.05, 3.63) is 10.5 Å². The van der Waals surface area contributed by atoms with Gasteiger partial charge in [0.1, 0.15) is 0 Å². The number of hydrogen-bond donors (Lipinski definition) is 1. The van der Waals surface area contributed by atoms with Gasteiger partial charge in [-0.1, -0.05) is 18.7 Å². The zero-order valence-electron chi connectivity index (χ0n) is 10.4. The first-order valence-electron chi connectivity index (χ1n) is 5.35. The molecule has 0 saturated carbocycles. The Morgan fingerprint density at radius 1 is 1.53 bits per heavy atom. The molecular weight excluding hydrogens is 242 g/mol. The van der Waals surface area contributed by atoms with Gasteiger partial charge in [0.15, 0.2) is 5.16 Å². The Bertz CT molecular complexity index is 438. The normalized spacial score (nSPS) is 12.8. The van der Waals surface area contributed by atoms with Gasteiger partial charge in [-0.25, -0.2) is 9.89 Å². The molecule has 1 aromatic rings. The summed E-state index contributed by atoms with van der Waals surface area (Å²) in [4.78, 5) is 22.7. The number of ether oxygens (including phenoxy) is 1. The lowest BCUT2D eigenvalue weighted by Gasteiger charge is -2.10. The molecule has 1 rings (SSSR count). The number of aromatic nitrogens is 3. The van der Waals surface area contributed by atoms with Gasteiger partial charge in [0, 0.05) is 11.8 Å². The van der Waals surface area contributed by atoms with E-state index in [1.807, 2.05) is 13.8 Å². The van der Waals surface area contributed by atoms with Crippen molar-refractivity contribution in [2.75, 3.05) is 12.9 Å². The minimum absolute atomic E-state index is 0.0391. The maximum Gasteiger partial charge on any atom is 0.344 e. The monoisotopic (exact) mass is 259 g/mol. The minimum Gasteiger partial charge on any atom is -0.469 e. The summed E-state index contributed by atoms with van der Waals surface area (Å²) < 4.78 is 6.20. The maximum atomic E-state index is 11.5. The average Bonchev–Trinajstić information content (AvgIpc) is 2.66. The summed E-state index contributed by atoms with van der Waals surface area (Å²) >= 11 is 1.37. The molecule has 1 N–H and O–H groups in total. The second kappa shape index (κ2) is 5.90. The number of esters is 1. The molecule has 0 aliphatic carbocycles. The zero-order chi connectivity index (χ0) is 13.0. The van der Waals surface area contributed by atoms with Crippen molar-refractivity contribution in [3.63, 3.8) is 0 Å². The predicted octanol–water partition coefficient (Wildman–Crippen LogP) is 1.05. The third-order valence-electron chi connectivity index (χ3n) is 2.25. The van der Waals surface area contributed by atoms with Crippen molar-refractivity contribution < 1.29 is 9.53 Å². The van der Waals surface area contributed by atoms with Crippen molar-refractivity contribution in [1.29, 1.82) is 0 Å². The Hall–Kier alpha value is -1.24. The fourth-order valence-electron chi connectivity index (χ4n) is 1.32. The molecule has 7 heteroatoms. The van der Waals surface area contributed by atoms with E-state index in [1.54, 1.807) is 11.5 Å². The quantitative estimate of drug-likeness (QED) is 0.632. The topological polar surface area (TPSA) is 77.0 Å². The fourth-order valence-corrected chi connectivity index (χ4v) is 2.39. The number of methoxy groups -OCH3 is 1. The number of nitrogens with one attached hydrogen (secondary N) is 1. The summed E-state index contributed by atoms with van der Waals surface area (Å²) in [6, 6.07) is 0.0391. The van der Waals surface area contributed by atoms with Crippen LogP contribution in [0.4, 0.5) is 0 Å². The van der Waals surface area contributed by atoms with Gasteiger partial charge in [0.25, 0.3) is 0 Å². The first-order valence-corrected chi connectivity index (χ1v) is 6.33. The third-order valence-corrected chi connectivity index (χ3v) is 3.47. The molecule has 1 unspecified atom stereocenters. The molecule has 0 aromatic carbocycles. The lowest BCUT2D eigenvalue weighted by atomic mass is 10.2. The van der Waals surface area contributed by atoms with Crippen molar-refractivity contribution in [2.45, 2.75) is 32.0 Å². The van der Waals surface area contributed by atoms with Gasteiger partial charge in [-0.3, -0.25) is 9.36 Å². The standard InChI is InChI=1S/C10H17N3O3S/c1-6(2)13-9(15)11-12-10(13)17-5-7(3)8(14)16-4/h6-7H,5H2,1-4H3,(H,11,15). The molecule has 0 saturated heterocycles. The van der Waals surface area contributed by atoms with Gasteiger partial charge in [-0.15, -0.1) is 5.10 Å². The second-order valence-corrected chi connectivity index (χ2v) is 5.00. The van der Waals surface area contributed by atoms with Crippen LogP contribution in [0.3, 0.4) is 0 Å². The lowest BCUT2D eigenvalue weighted by Crippen LogP contribution is -2.20. The third kappa shape index (κ3) is 3.36. The van der Waals surface area contributed by atoms with Crippen LogP contribution >= 0.6 is 11.8 Å². The van der Waals surface area contributed by atoms with E-state index in [1.165, 1.54) is 18.9 Å². The van der Waals surface area contributed by atoms with Gasteiger partial charge in [0.05, 0.1) is 13.0 Å². The fraction of sp³-hybridized carbons (Fsp3) is 0.700. The molecule has 1 atom stereocenters. The summed E-state index contributed by atoms with van der Waals surface area (Å²) in [5.74, 6) is 0.0489. The van der Waals surface area contributed by atoms with Gasteiger partial charge in [0.2, 0.25) is 0 Å². The van der Waals surface area contributed by atoms with Crippen LogP contribution in [0.1, 0.15) is 26.8 Å². The molecule has 0 radical (unpaired) electrons. The molecule has 0 bridgehead atoms. The van der Waals surface area contributed by atoms with Crippen molar-refractivity contribution >= 4 is 17.7 Å². The molecule has 0 spiro atoms. The van der Waals surface area contributed by atoms with Crippen LogP contribution < -0.4 is 5.69 Å². The number of nitrogens with zero attached hydrogens (tertiary/aromatic N) is 2. The SMILES string of the molecule is COC(=O)C(C)CSc1n[nH]c(=O)n1C(C)C. The summed E-state index contributed by atoms with van der Waals surface area (Å²) in [7, 11) is 1.36. The second-order valence-electron chi connectivity index (χ2n) is 4.01. The van der Waals surface area contributed by atoms with Crippen molar-refractivity contribution in [2.24, 2.45) is 5.92 Å². The highest BCUT2D eigenvalue weighted by molar-refractivity contribution is 7.99. The van der Waals surface area contributed by atoms with Crippen LogP contribution in [0.25, 0.3) is 0 Å². The van der Waals surface area contributed by atoms with E-state index in [-0.39, 0.29) is 23.6 Å². The molecule has 17 heavy (non-hydrogen) atoms. The van der Waals surface area contributed by atoms with E-state index in [2.05, 4.69) is 14.9 Å². The van der Waals surface area contributed by atoms with E-state index in [0.29, 0.717) is 10.9 Å². The van der Waals surface area contributed by atoms with Crippen LogP contribution in [0.15, 0.2) is 9.95 Å². The van der Waals surface area contributed by atoms with Crippen LogP contribution in [0.5, 0.6) is 0 Å². The van der Waals surface area contributed by atoms with Crippen LogP contribution in [-0.4, -0.2) is 33.6 Å². The first kappa shape index (κ1) is 13.8. The highest BCUT2D eigenvalue weighted by atomic mass is 32.2. The number of aromatic amines is 1. The number of carbonyl (C=O) groups excluding carboxylic acids is 1. The van der Waals surface area contributed by atoms with E-state index < -0.39 is 0 Å². The van der Waals surface area contributed by atoms with Crippen LogP contribution in [0.2, 0.25) is 0 Å². The zero-order valence-corrected chi connectivity index (χ0v) is 11.2. The van der Waals surface area contributed by atoms with Gasteiger partial charge in [-0.2, -0.15) is 0 Å². The summed E-state index contributed by atoms with van der Waals surface area (Å²) in [6.07, 6.45) is 0. The molecule has 1 aromatic heterocycles. The van der Waals surface area contributed by atoms with E-state index in [0.717, 1.165) is 0 Å². The van der Waals surface area contributed by atoms with Crippen LogP contribution in [0, 0.1) is 5.92 Å². The number of rotatable bonds is 5. The molecule has 0 amide bonds. The molecular formula is C10H17N3O3S. The molecule has 0 aliphatic heterocycles. The van der Waals surface area contributed by atoms with Gasteiger partial charge in [-0.05, 0) is 13.8 Å². The van der Waals surface area contributed by atoms with Crippen molar-refractivity contribution in [3.8, 4) is 0 Å². The first-order chi connectivity index (χ1) is 7.97. The summed E-state index contributed by atoms with van der Waals surface area (Å²) in [5.41, 5.74) is -0.228. The Morgan fingerprint density at radius 2 is 2.18 bits per heavy atom. The number of H-pyrrole nitrogens is 1. The van der Waals surface area contributed by atoms with Gasteiger partial charge >= 0.3 is 11.7 Å². The van der Waals surface area contributed by atoms with Gasteiger partial charge < -0.3 is 4.74 Å². The van der Waals surface area contributed by atoms with Crippen molar-refractivity contribution in [1.82, 2.24) is 14.8 Å². The Kier molecular flexibility index (Phi) is 4.80. The number of hydrogen-bond acceptors (Lipinski definition) is 5. The highest BCUT2D eigenvalue weighted by Gasteiger charge is 2.17. The smallest absolute Gasteiger partial charge is 0.344 e. The summed E-state index contributed by atoms with van der Waals surface area (Å²) in [5, 5.41) is 6.93. The van der Waals surface area contributed by atoms with E-state index in [9.17, 15) is 9.59 Å². The molecule has 6 nitrogen and oxygen atoms in total. The molecule has 96 valence electrons. The number of carbonyl (C=O) groups is 1. The Balaban J connectivity index is 2.70. The number of thioether (sulfide) groups is 1. The Labute approximate surface area is 104 Å². The van der Waals surface area contributed by atoms with Crippen LogP contribution in [-0.2, 0) is 9.53 Å². The van der Waals surface area contributed by atoms with E-state index >= 15 is 0 Å². The Morgan fingerprint density at radius 3 is 2.71 bits per heavy atom. The highest BCUT2D eigenvalue weighted by Crippen LogP contribution is 2.20. The predicted molar refractivity (Wildman–Crippen MR) is 65.1 cm³/mol. The lowest BCUT2D eigenvalue weighted by molar-refractivity contribution is -0.143. The largest absolute Gasteiger partial charge is 0.469 e. The average molecular weight is 259 g/mol. The maximum absolute atomic E-state index is 11.5. The molecule has 0 fully saturated rings. The minimum atomic E-state index is -0.258. The molecule has 1 heterocycles.